The van der Waals surface area contributed by atoms with Crippen molar-refractivity contribution in [2.75, 3.05) is 6.54 Å². The number of nitrogens with zero attached hydrogens (tertiary/aromatic N) is 2. The average Bonchev–Trinajstić information content (AvgIpc) is 2.91. The number of aromatic nitrogens is 2. The topological polar surface area (TPSA) is 80.0 Å². The van der Waals surface area contributed by atoms with Crippen molar-refractivity contribution < 1.29 is 9.53 Å². The Labute approximate surface area is 194 Å². The summed E-state index contributed by atoms with van der Waals surface area (Å²) in [6.45, 7) is 2.79. The molecule has 4 aliphatic rings. The second kappa shape index (κ2) is 9.05. The highest BCUT2D eigenvalue weighted by Gasteiger charge is 2.43. The summed E-state index contributed by atoms with van der Waals surface area (Å²) in [5, 5.41) is 12.9. The van der Waals surface area contributed by atoms with Crippen LogP contribution in [0.2, 0.25) is 5.02 Å². The lowest BCUT2D eigenvalue weighted by Crippen LogP contribution is -2.31. The lowest BCUT2D eigenvalue weighted by molar-refractivity contribution is 0.150. The maximum Gasteiger partial charge on any atom is 0.412 e. The Morgan fingerprint density at radius 3 is 2.66 bits per heavy atom. The van der Waals surface area contributed by atoms with Crippen molar-refractivity contribution in [3.8, 4) is 5.75 Å². The molecule has 0 saturated heterocycles. The molecule has 2 aliphatic carbocycles. The van der Waals surface area contributed by atoms with E-state index in [2.05, 4.69) is 16.8 Å². The summed E-state index contributed by atoms with van der Waals surface area (Å²) in [7, 11) is 0. The van der Waals surface area contributed by atoms with Gasteiger partial charge in [0.05, 0.1) is 15.9 Å². The number of carbonyl (C=O) groups excluding carboxylic acids is 1. The fourth-order valence-corrected chi connectivity index (χ4v) is 6.61. The number of benzene rings is 1. The van der Waals surface area contributed by atoms with E-state index in [0.717, 1.165) is 43.3 Å². The number of amides is 1. The minimum Gasteiger partial charge on any atom is -0.410 e. The molecule has 3 heterocycles. The zero-order valence-electron chi connectivity index (χ0n) is 18.8. The molecule has 6 rings (SSSR count). The average molecular weight is 457 g/mol. The Morgan fingerprint density at radius 2 is 1.91 bits per heavy atom. The van der Waals surface area contributed by atoms with Crippen LogP contribution in [-0.2, 0) is 0 Å². The van der Waals surface area contributed by atoms with Crippen LogP contribution >= 0.6 is 11.6 Å². The number of unbranched alkanes of at least 4 members (excludes halogenated alkanes) is 4. The summed E-state index contributed by atoms with van der Waals surface area (Å²) in [6.07, 6.45) is 11.2. The number of rotatable bonds is 7. The number of fused-ring (bicyclic) bond motifs is 1. The predicted octanol–water partition coefficient (Wildman–Crippen LogP) is 6.08. The molecular formula is C25H33ClN4O2. The summed E-state index contributed by atoms with van der Waals surface area (Å²) in [6, 6.07) is 3.76. The minimum atomic E-state index is -0.470. The summed E-state index contributed by atoms with van der Waals surface area (Å²) >= 11 is 6.60. The zero-order valence-corrected chi connectivity index (χ0v) is 19.6. The molecule has 32 heavy (non-hydrogen) atoms. The lowest BCUT2D eigenvalue weighted by Gasteiger charge is -2.37. The largest absolute Gasteiger partial charge is 0.412 e. The van der Waals surface area contributed by atoms with Gasteiger partial charge in [-0.2, -0.15) is 0 Å². The molecule has 2 aromatic rings. The summed E-state index contributed by atoms with van der Waals surface area (Å²) < 4.78 is 7.68. The van der Waals surface area contributed by atoms with Gasteiger partial charge in [-0.15, -0.1) is 0 Å². The van der Waals surface area contributed by atoms with Crippen LogP contribution in [0.4, 0.5) is 4.79 Å². The van der Waals surface area contributed by atoms with Crippen LogP contribution in [0.1, 0.15) is 88.9 Å². The normalized spacial score (nSPS) is 25.6. The highest BCUT2D eigenvalue weighted by molar-refractivity contribution is 6.35. The first-order valence-corrected chi connectivity index (χ1v) is 12.7. The van der Waals surface area contributed by atoms with Gasteiger partial charge in [0, 0.05) is 30.6 Å². The summed E-state index contributed by atoms with van der Waals surface area (Å²) in [5.41, 5.74) is 1.11. The standard InChI is InChI=1S/C25H33ClN4O2/c1-2-3-4-5-6-7-28-25(31)32-19-13-20(26)22-21(14-19)29-24-17-9-15-8-16(10-17)12-18(11-15)30(24)23(22)27/h13-18,27H,2-12H2,1H3,(H,28,31). The van der Waals surface area contributed by atoms with Gasteiger partial charge in [-0.05, 0) is 50.4 Å². The fraction of sp³-hybridized carbons (Fsp3) is 0.640. The van der Waals surface area contributed by atoms with Crippen LogP contribution in [0.25, 0.3) is 10.9 Å². The number of hydrogen-bond acceptors (Lipinski definition) is 4. The SMILES string of the molecule is CCCCCCCNC(=O)Oc1cc(Cl)c2c(=N)n3c(nc2c1)C1CC2CC(C1)CC3C2. The van der Waals surface area contributed by atoms with E-state index in [0.29, 0.717) is 45.7 Å². The van der Waals surface area contributed by atoms with Crippen LogP contribution in [0.15, 0.2) is 12.1 Å². The molecule has 172 valence electrons. The molecule has 2 atom stereocenters. The molecule has 2 N–H and O–H groups in total. The van der Waals surface area contributed by atoms with Crippen molar-refractivity contribution >= 4 is 28.6 Å². The van der Waals surface area contributed by atoms with Crippen molar-refractivity contribution in [3.05, 3.63) is 28.5 Å². The minimum absolute atomic E-state index is 0.362. The molecule has 2 fully saturated rings. The third-order valence-corrected chi connectivity index (χ3v) is 7.90. The third kappa shape index (κ3) is 4.14. The van der Waals surface area contributed by atoms with E-state index in [-0.39, 0.29) is 0 Å². The van der Waals surface area contributed by atoms with Crippen LogP contribution in [-0.4, -0.2) is 22.2 Å². The Hall–Kier alpha value is -2.08. The van der Waals surface area contributed by atoms with E-state index in [4.69, 9.17) is 26.7 Å². The number of ether oxygens (including phenoxy) is 1. The van der Waals surface area contributed by atoms with Gasteiger partial charge in [0.15, 0.2) is 0 Å². The maximum atomic E-state index is 12.2. The van der Waals surface area contributed by atoms with Gasteiger partial charge in [0.25, 0.3) is 0 Å². The Balaban J connectivity index is 1.37. The molecular weight excluding hydrogens is 424 g/mol. The number of hydrogen-bond donors (Lipinski definition) is 2. The quantitative estimate of drug-likeness (QED) is 0.495. The molecule has 0 radical (unpaired) electrons. The summed E-state index contributed by atoms with van der Waals surface area (Å²) in [4.78, 5) is 17.3. The second-order valence-electron chi connectivity index (χ2n) is 9.98. The van der Waals surface area contributed by atoms with Gasteiger partial charge >= 0.3 is 6.09 Å². The lowest BCUT2D eigenvalue weighted by atomic mass is 9.68. The molecule has 1 amide bonds. The van der Waals surface area contributed by atoms with Gasteiger partial charge in [-0.1, -0.05) is 44.2 Å². The highest BCUT2D eigenvalue weighted by Crippen LogP contribution is 2.52. The molecule has 2 aliphatic heterocycles. The van der Waals surface area contributed by atoms with Crippen molar-refractivity contribution in [2.24, 2.45) is 11.8 Å². The van der Waals surface area contributed by atoms with Gasteiger partial charge in [0.1, 0.15) is 17.1 Å². The van der Waals surface area contributed by atoms with E-state index in [9.17, 15) is 4.79 Å². The molecule has 4 bridgehead atoms. The van der Waals surface area contributed by atoms with E-state index in [1.165, 1.54) is 38.5 Å². The molecule has 2 saturated carbocycles. The smallest absolute Gasteiger partial charge is 0.410 e. The Morgan fingerprint density at radius 1 is 1.16 bits per heavy atom. The van der Waals surface area contributed by atoms with Gasteiger partial charge < -0.3 is 14.6 Å². The predicted molar refractivity (Wildman–Crippen MR) is 125 cm³/mol. The first-order valence-electron chi connectivity index (χ1n) is 12.3. The van der Waals surface area contributed by atoms with Crippen molar-refractivity contribution in [3.63, 3.8) is 0 Å². The number of carbonyl (C=O) groups is 1. The molecule has 1 aromatic heterocycles. The van der Waals surface area contributed by atoms with E-state index in [1.807, 2.05) is 0 Å². The van der Waals surface area contributed by atoms with E-state index in [1.54, 1.807) is 12.1 Å². The number of nitrogens with one attached hydrogen (secondary N) is 2. The van der Waals surface area contributed by atoms with Crippen LogP contribution in [0.3, 0.4) is 0 Å². The summed E-state index contributed by atoms with van der Waals surface area (Å²) in [5.74, 6) is 3.33. The van der Waals surface area contributed by atoms with Crippen molar-refractivity contribution in [1.82, 2.24) is 14.9 Å². The van der Waals surface area contributed by atoms with E-state index >= 15 is 0 Å². The molecule has 2 unspecified atom stereocenters. The first-order chi connectivity index (χ1) is 15.5. The molecule has 1 aromatic carbocycles. The monoisotopic (exact) mass is 456 g/mol. The molecule has 0 spiro atoms. The van der Waals surface area contributed by atoms with Gasteiger partial charge in [-0.3, -0.25) is 5.41 Å². The molecule has 6 nitrogen and oxygen atoms in total. The van der Waals surface area contributed by atoms with Crippen LogP contribution < -0.4 is 15.5 Å². The van der Waals surface area contributed by atoms with Crippen LogP contribution in [0.5, 0.6) is 5.75 Å². The maximum absolute atomic E-state index is 12.2. The van der Waals surface area contributed by atoms with Crippen molar-refractivity contribution in [2.45, 2.75) is 83.1 Å². The second-order valence-corrected chi connectivity index (χ2v) is 10.4. The Kier molecular flexibility index (Phi) is 6.15. The van der Waals surface area contributed by atoms with Crippen molar-refractivity contribution in [1.29, 1.82) is 5.41 Å². The molecule has 7 heteroatoms. The zero-order chi connectivity index (χ0) is 22.2. The number of halogens is 1. The van der Waals surface area contributed by atoms with Gasteiger partial charge in [-0.25, -0.2) is 9.78 Å². The van der Waals surface area contributed by atoms with Gasteiger partial charge in [0.2, 0.25) is 0 Å². The fourth-order valence-electron chi connectivity index (χ4n) is 6.32. The third-order valence-electron chi connectivity index (χ3n) is 7.61. The van der Waals surface area contributed by atoms with Crippen LogP contribution in [0, 0.1) is 17.2 Å². The first kappa shape index (κ1) is 21.7. The highest BCUT2D eigenvalue weighted by atomic mass is 35.5. The Bertz CT molecular complexity index is 1070. The van der Waals surface area contributed by atoms with E-state index < -0.39 is 6.09 Å².